The molecule has 0 spiro atoms. The van der Waals surface area contributed by atoms with Gasteiger partial charge in [0.2, 0.25) is 0 Å². The van der Waals surface area contributed by atoms with E-state index in [1.807, 2.05) is 30.5 Å². The standard InChI is InChI=1S/C11H10ClNOS2/c12-11-13-5-10(16-11)7-15-9-3-1-8(6-14)2-4-9/h1-5,14H,6-7H2. The lowest BCUT2D eigenvalue weighted by Crippen LogP contribution is -1.81. The molecule has 84 valence electrons. The Morgan fingerprint density at radius 2 is 2.06 bits per heavy atom. The Bertz CT molecular complexity index is 455. The predicted molar refractivity (Wildman–Crippen MR) is 69.0 cm³/mol. The highest BCUT2D eigenvalue weighted by Gasteiger charge is 2.01. The predicted octanol–water partition coefficient (Wildman–Crippen LogP) is 3.58. The SMILES string of the molecule is OCc1ccc(SCc2cnc(Cl)s2)cc1. The Hall–Kier alpha value is -0.550. The zero-order chi connectivity index (χ0) is 11.4. The molecule has 0 bridgehead atoms. The van der Waals surface area contributed by atoms with Crippen LogP contribution in [0.4, 0.5) is 0 Å². The number of benzene rings is 1. The molecule has 0 saturated carbocycles. The summed E-state index contributed by atoms with van der Waals surface area (Å²) in [4.78, 5) is 6.34. The molecule has 0 saturated heterocycles. The van der Waals surface area contributed by atoms with E-state index in [-0.39, 0.29) is 6.61 Å². The molecule has 2 aromatic rings. The van der Waals surface area contributed by atoms with Gasteiger partial charge >= 0.3 is 0 Å². The van der Waals surface area contributed by atoms with E-state index < -0.39 is 0 Å². The maximum absolute atomic E-state index is 8.91. The molecule has 1 aromatic heterocycles. The zero-order valence-electron chi connectivity index (χ0n) is 8.39. The van der Waals surface area contributed by atoms with Gasteiger partial charge in [-0.1, -0.05) is 23.7 Å². The molecular formula is C11H10ClNOS2. The van der Waals surface area contributed by atoms with E-state index >= 15 is 0 Å². The normalized spacial score (nSPS) is 10.6. The van der Waals surface area contributed by atoms with Crippen LogP contribution in [0.2, 0.25) is 4.47 Å². The van der Waals surface area contributed by atoms with Crippen LogP contribution >= 0.6 is 34.7 Å². The van der Waals surface area contributed by atoms with Gasteiger partial charge in [-0.05, 0) is 17.7 Å². The van der Waals surface area contributed by atoms with Gasteiger partial charge in [-0.25, -0.2) is 4.98 Å². The number of thioether (sulfide) groups is 1. The van der Waals surface area contributed by atoms with E-state index in [2.05, 4.69) is 4.98 Å². The highest BCUT2D eigenvalue weighted by atomic mass is 35.5. The summed E-state index contributed by atoms with van der Waals surface area (Å²) in [5, 5.41) is 8.91. The van der Waals surface area contributed by atoms with Gasteiger partial charge in [-0.15, -0.1) is 23.1 Å². The summed E-state index contributed by atoms with van der Waals surface area (Å²) in [6.45, 7) is 0.0927. The fourth-order valence-corrected chi connectivity index (χ4v) is 3.09. The second-order valence-corrected chi connectivity index (χ2v) is 5.92. The number of rotatable bonds is 4. The third-order valence-corrected chi connectivity index (χ3v) is 4.37. The van der Waals surface area contributed by atoms with Crippen LogP contribution in [0.5, 0.6) is 0 Å². The maximum Gasteiger partial charge on any atom is 0.183 e. The fourth-order valence-electron chi connectivity index (χ4n) is 1.20. The van der Waals surface area contributed by atoms with Gasteiger partial charge in [0.15, 0.2) is 4.47 Å². The van der Waals surface area contributed by atoms with E-state index in [1.165, 1.54) is 21.1 Å². The summed E-state index contributed by atoms with van der Waals surface area (Å²) in [7, 11) is 0. The van der Waals surface area contributed by atoms with E-state index in [0.29, 0.717) is 4.47 Å². The first-order valence-corrected chi connectivity index (χ1v) is 6.89. The average Bonchev–Trinajstić information content (AvgIpc) is 2.73. The zero-order valence-corrected chi connectivity index (χ0v) is 10.8. The third-order valence-electron chi connectivity index (χ3n) is 2.01. The van der Waals surface area contributed by atoms with Crippen molar-refractivity contribution in [3.63, 3.8) is 0 Å². The molecule has 2 rings (SSSR count). The first kappa shape index (κ1) is 11.9. The second-order valence-electron chi connectivity index (χ2n) is 3.17. The number of halogens is 1. The van der Waals surface area contributed by atoms with Gasteiger partial charge in [0.05, 0.1) is 6.61 Å². The minimum Gasteiger partial charge on any atom is -0.392 e. The van der Waals surface area contributed by atoms with Crippen LogP contribution in [-0.4, -0.2) is 10.1 Å². The molecule has 16 heavy (non-hydrogen) atoms. The van der Waals surface area contributed by atoms with Crippen molar-refractivity contribution in [2.45, 2.75) is 17.3 Å². The quantitative estimate of drug-likeness (QED) is 0.863. The van der Waals surface area contributed by atoms with Crippen LogP contribution < -0.4 is 0 Å². The minimum absolute atomic E-state index is 0.0927. The first-order valence-electron chi connectivity index (χ1n) is 4.71. The molecule has 0 aliphatic carbocycles. The van der Waals surface area contributed by atoms with Crippen LogP contribution in [0, 0.1) is 0 Å². The third kappa shape index (κ3) is 3.22. The number of aliphatic hydroxyl groups is 1. The second kappa shape index (κ2) is 5.68. The van der Waals surface area contributed by atoms with Crippen molar-refractivity contribution < 1.29 is 5.11 Å². The van der Waals surface area contributed by atoms with Crippen LogP contribution in [0.1, 0.15) is 10.4 Å². The molecule has 0 radical (unpaired) electrons. The Balaban J connectivity index is 1.94. The largest absolute Gasteiger partial charge is 0.392 e. The molecule has 2 nitrogen and oxygen atoms in total. The van der Waals surface area contributed by atoms with E-state index in [1.54, 1.807) is 11.8 Å². The summed E-state index contributed by atoms with van der Waals surface area (Å²) >= 11 is 9.00. The fraction of sp³-hybridized carbons (Fsp3) is 0.182. The lowest BCUT2D eigenvalue weighted by Gasteiger charge is -2.00. The molecule has 0 aliphatic rings. The lowest BCUT2D eigenvalue weighted by molar-refractivity contribution is 0.282. The Morgan fingerprint density at radius 1 is 1.31 bits per heavy atom. The van der Waals surface area contributed by atoms with E-state index in [9.17, 15) is 0 Å². The summed E-state index contributed by atoms with van der Waals surface area (Å²) < 4.78 is 0.589. The molecule has 0 unspecified atom stereocenters. The monoisotopic (exact) mass is 271 g/mol. The van der Waals surface area contributed by atoms with Crippen LogP contribution in [0.15, 0.2) is 35.4 Å². The smallest absolute Gasteiger partial charge is 0.183 e. The summed E-state index contributed by atoms with van der Waals surface area (Å²) in [5.74, 6) is 0.878. The molecular weight excluding hydrogens is 262 g/mol. The lowest BCUT2D eigenvalue weighted by atomic mass is 10.2. The van der Waals surface area contributed by atoms with Crippen molar-refractivity contribution in [2.75, 3.05) is 0 Å². The average molecular weight is 272 g/mol. The molecule has 0 aliphatic heterocycles. The summed E-state index contributed by atoms with van der Waals surface area (Å²) in [6, 6.07) is 7.89. The highest BCUT2D eigenvalue weighted by molar-refractivity contribution is 7.98. The molecule has 0 amide bonds. The highest BCUT2D eigenvalue weighted by Crippen LogP contribution is 2.27. The molecule has 1 heterocycles. The van der Waals surface area contributed by atoms with Gasteiger partial charge in [0.1, 0.15) is 0 Å². The summed E-state index contributed by atoms with van der Waals surface area (Å²) in [6.07, 6.45) is 1.81. The summed E-state index contributed by atoms with van der Waals surface area (Å²) in [5.41, 5.74) is 0.935. The van der Waals surface area contributed by atoms with Crippen molar-refractivity contribution in [1.29, 1.82) is 0 Å². The van der Waals surface area contributed by atoms with Crippen LogP contribution in [-0.2, 0) is 12.4 Å². The van der Waals surface area contributed by atoms with Crippen molar-refractivity contribution in [1.82, 2.24) is 4.98 Å². The number of aromatic nitrogens is 1. The molecule has 1 aromatic carbocycles. The van der Waals surface area contributed by atoms with Gasteiger partial charge in [-0.3, -0.25) is 0 Å². The topological polar surface area (TPSA) is 33.1 Å². The van der Waals surface area contributed by atoms with Crippen molar-refractivity contribution in [3.05, 3.63) is 45.4 Å². The maximum atomic E-state index is 8.91. The van der Waals surface area contributed by atoms with Gasteiger partial charge < -0.3 is 5.11 Å². The van der Waals surface area contributed by atoms with Gasteiger partial charge in [-0.2, -0.15) is 0 Å². The van der Waals surface area contributed by atoms with E-state index in [4.69, 9.17) is 16.7 Å². The number of hydrogen-bond donors (Lipinski definition) is 1. The number of nitrogens with zero attached hydrogens (tertiary/aromatic N) is 1. The van der Waals surface area contributed by atoms with Crippen molar-refractivity contribution >= 4 is 34.7 Å². The van der Waals surface area contributed by atoms with Crippen molar-refractivity contribution in [3.8, 4) is 0 Å². The van der Waals surface area contributed by atoms with E-state index in [0.717, 1.165) is 11.3 Å². The van der Waals surface area contributed by atoms with Gasteiger partial charge in [0.25, 0.3) is 0 Å². The van der Waals surface area contributed by atoms with Crippen LogP contribution in [0.25, 0.3) is 0 Å². The minimum atomic E-state index is 0.0927. The molecule has 1 N–H and O–H groups in total. The Labute approximate surface area is 107 Å². The number of aliphatic hydroxyl groups excluding tert-OH is 1. The Morgan fingerprint density at radius 3 is 2.62 bits per heavy atom. The molecule has 5 heteroatoms. The Kier molecular flexibility index (Phi) is 4.23. The number of thiazole rings is 1. The number of hydrogen-bond acceptors (Lipinski definition) is 4. The first-order chi connectivity index (χ1) is 7.78. The van der Waals surface area contributed by atoms with Gasteiger partial charge in [0, 0.05) is 21.7 Å². The van der Waals surface area contributed by atoms with Crippen molar-refractivity contribution in [2.24, 2.45) is 0 Å². The molecule has 0 atom stereocenters. The molecule has 0 fully saturated rings. The van der Waals surface area contributed by atoms with Crippen LogP contribution in [0.3, 0.4) is 0 Å².